The number of benzene rings is 2. The van der Waals surface area contributed by atoms with E-state index in [4.69, 9.17) is 5.11 Å². The number of fused-ring (bicyclic) bond motifs is 2. The fourth-order valence-electron chi connectivity index (χ4n) is 3.53. The zero-order chi connectivity index (χ0) is 26.0. The van der Waals surface area contributed by atoms with Gasteiger partial charge in [0.05, 0.1) is 26.9 Å². The molecule has 2 aromatic carbocycles. The van der Waals surface area contributed by atoms with Crippen LogP contribution < -0.4 is 0 Å². The number of ketones is 1. The number of carbonyl (C=O) groups is 1. The maximum Gasteiger partial charge on any atom is 0.155 e. The van der Waals surface area contributed by atoms with E-state index in [0.717, 1.165) is 11.4 Å². The summed E-state index contributed by atoms with van der Waals surface area (Å²) in [5.74, 6) is -0.0625. The van der Waals surface area contributed by atoms with E-state index in [0.29, 0.717) is 0 Å². The molecule has 4 aromatic heterocycles. The number of carbonyl (C=O) groups excluding carboxylic acids is 1. The number of aliphatic hydroxyl groups is 1. The smallest absolute Gasteiger partial charge is 0.155 e. The zero-order valence-electron chi connectivity index (χ0n) is 20.9. The van der Waals surface area contributed by atoms with Crippen molar-refractivity contribution >= 4 is 48.6 Å². The van der Waals surface area contributed by atoms with Gasteiger partial charge < -0.3 is 5.11 Å². The predicted molar refractivity (Wildman–Crippen MR) is 157 cm³/mol. The third-order valence-corrected chi connectivity index (χ3v) is 7.38. The van der Waals surface area contributed by atoms with Crippen molar-refractivity contribution in [3.05, 3.63) is 121 Å². The Labute approximate surface area is 243 Å². The van der Waals surface area contributed by atoms with Gasteiger partial charge >= 0.3 is 0 Å². The Hall–Kier alpha value is -3.48. The largest absolute Gasteiger partial charge is 0.512 e. The van der Waals surface area contributed by atoms with Gasteiger partial charge in [-0.25, -0.2) is 0 Å². The summed E-state index contributed by atoms with van der Waals surface area (Å²) in [6.07, 6.45) is 4.83. The number of hydrogen-bond acceptors (Lipinski definition) is 6. The van der Waals surface area contributed by atoms with Crippen LogP contribution in [-0.4, -0.2) is 20.9 Å². The van der Waals surface area contributed by atoms with Crippen molar-refractivity contribution < 1.29 is 30.0 Å². The van der Waals surface area contributed by atoms with Gasteiger partial charge in [-0.1, -0.05) is 48.5 Å². The molecule has 38 heavy (non-hydrogen) atoms. The molecule has 0 aliphatic heterocycles. The van der Waals surface area contributed by atoms with Gasteiger partial charge in [-0.15, -0.1) is 22.7 Å². The normalized spacial score (nSPS) is 10.5. The number of aromatic nitrogens is 2. The van der Waals surface area contributed by atoms with Gasteiger partial charge in [0.1, 0.15) is 0 Å². The van der Waals surface area contributed by atoms with Gasteiger partial charge in [-0.05, 0) is 73.2 Å². The van der Waals surface area contributed by atoms with Crippen LogP contribution in [0.3, 0.4) is 0 Å². The molecule has 193 valence electrons. The molecule has 0 atom stereocenters. The SMILES string of the molecule is CC(=O)C=C(C)O.[Ir].c1ccc(-c2cc3ccccc3s2)nc1.c1ccc(-c2cc3ccccc3s2)nc1. The van der Waals surface area contributed by atoms with E-state index >= 15 is 0 Å². The van der Waals surface area contributed by atoms with Crippen LogP contribution in [0.2, 0.25) is 0 Å². The summed E-state index contributed by atoms with van der Waals surface area (Å²) in [6, 6.07) is 33.2. The minimum Gasteiger partial charge on any atom is -0.512 e. The number of allylic oxidation sites excluding steroid dienone is 2. The van der Waals surface area contributed by atoms with Crippen molar-refractivity contribution in [1.82, 2.24) is 9.97 Å². The van der Waals surface area contributed by atoms with E-state index in [1.165, 1.54) is 49.9 Å². The zero-order valence-corrected chi connectivity index (χ0v) is 24.9. The van der Waals surface area contributed by atoms with Gasteiger partial charge in [0.15, 0.2) is 5.78 Å². The van der Waals surface area contributed by atoms with Crippen LogP contribution in [-0.2, 0) is 24.9 Å². The average Bonchev–Trinajstić information content (AvgIpc) is 3.54. The quantitative estimate of drug-likeness (QED) is 0.147. The van der Waals surface area contributed by atoms with E-state index in [-0.39, 0.29) is 31.6 Å². The first-order valence-corrected chi connectivity index (χ1v) is 13.3. The Balaban J connectivity index is 0.000000167. The molecule has 6 aromatic rings. The van der Waals surface area contributed by atoms with Gasteiger partial charge in [-0.3, -0.25) is 14.8 Å². The first-order chi connectivity index (χ1) is 18.0. The molecule has 1 N–H and O–H groups in total. The number of hydrogen-bond donors (Lipinski definition) is 1. The third kappa shape index (κ3) is 8.27. The van der Waals surface area contributed by atoms with Crippen LogP contribution in [0.1, 0.15) is 13.8 Å². The summed E-state index contributed by atoms with van der Waals surface area (Å²) in [5, 5.41) is 11.0. The molecule has 0 fully saturated rings. The molecule has 0 spiro atoms. The fraction of sp³-hybridized carbons (Fsp3) is 0.0645. The maximum absolute atomic E-state index is 10.0. The minimum absolute atomic E-state index is 0. The fourth-order valence-corrected chi connectivity index (χ4v) is 5.61. The Morgan fingerprint density at radius 3 is 1.42 bits per heavy atom. The van der Waals surface area contributed by atoms with E-state index < -0.39 is 0 Å². The summed E-state index contributed by atoms with van der Waals surface area (Å²) < 4.78 is 2.64. The van der Waals surface area contributed by atoms with Crippen molar-refractivity contribution in [2.24, 2.45) is 0 Å². The van der Waals surface area contributed by atoms with Crippen molar-refractivity contribution in [3.8, 4) is 21.1 Å². The van der Waals surface area contributed by atoms with Crippen LogP contribution in [0.25, 0.3) is 41.3 Å². The number of rotatable bonds is 3. The summed E-state index contributed by atoms with van der Waals surface area (Å²) in [6.45, 7) is 2.85. The molecule has 4 heterocycles. The standard InChI is InChI=1S/2C13H9NS.C5H8O2.Ir/c2*1-2-7-12-10(5-1)9-13(15-12)11-6-3-4-8-14-11;1-4(6)3-5(2)7;/h2*1-9H;3,6H,1-2H3;. The van der Waals surface area contributed by atoms with Gasteiger partial charge in [-0.2, -0.15) is 0 Å². The molecule has 7 heteroatoms. The summed E-state index contributed by atoms with van der Waals surface area (Å²) in [5.41, 5.74) is 2.11. The summed E-state index contributed by atoms with van der Waals surface area (Å²) in [7, 11) is 0. The Bertz CT molecular complexity index is 1450. The van der Waals surface area contributed by atoms with Gasteiger partial charge in [0.25, 0.3) is 0 Å². The molecule has 0 unspecified atom stereocenters. The van der Waals surface area contributed by atoms with Crippen LogP contribution in [0.4, 0.5) is 0 Å². The van der Waals surface area contributed by atoms with E-state index in [1.807, 2.05) is 48.8 Å². The number of thiophene rings is 2. The number of pyridine rings is 2. The third-order valence-electron chi connectivity index (χ3n) is 5.10. The first-order valence-electron chi connectivity index (χ1n) is 11.7. The maximum atomic E-state index is 10.0. The predicted octanol–water partition coefficient (Wildman–Crippen LogP) is 8.96. The van der Waals surface area contributed by atoms with Crippen LogP contribution in [0, 0.1) is 0 Å². The van der Waals surface area contributed by atoms with Crippen LogP contribution >= 0.6 is 22.7 Å². The second-order valence-electron chi connectivity index (χ2n) is 8.12. The molecule has 0 saturated heterocycles. The molecular formula is C31H26IrN2O2S2. The second kappa shape index (κ2) is 14.5. The Morgan fingerprint density at radius 1 is 0.684 bits per heavy atom. The average molecular weight is 715 g/mol. The molecule has 0 aliphatic carbocycles. The molecule has 0 saturated carbocycles. The minimum atomic E-state index is -0.125. The number of nitrogens with zero attached hydrogens (tertiary/aromatic N) is 2. The number of aliphatic hydroxyl groups excluding tert-OH is 1. The van der Waals surface area contributed by atoms with Crippen molar-refractivity contribution in [1.29, 1.82) is 0 Å². The van der Waals surface area contributed by atoms with Crippen molar-refractivity contribution in [2.75, 3.05) is 0 Å². The summed E-state index contributed by atoms with van der Waals surface area (Å²) in [4.78, 5) is 21.2. The summed E-state index contributed by atoms with van der Waals surface area (Å²) >= 11 is 3.58. The van der Waals surface area contributed by atoms with E-state index in [1.54, 1.807) is 22.7 Å². The van der Waals surface area contributed by atoms with Gasteiger partial charge in [0, 0.05) is 48.0 Å². The van der Waals surface area contributed by atoms with Crippen molar-refractivity contribution in [2.45, 2.75) is 13.8 Å². The first kappa shape index (κ1) is 29.1. The topological polar surface area (TPSA) is 63.1 Å². The van der Waals surface area contributed by atoms with Crippen molar-refractivity contribution in [3.63, 3.8) is 0 Å². The molecule has 6 rings (SSSR count). The van der Waals surface area contributed by atoms with E-state index in [9.17, 15) is 4.79 Å². The molecular weight excluding hydrogens is 689 g/mol. The molecule has 0 aliphatic rings. The Kier molecular flexibility index (Phi) is 11.1. The van der Waals surface area contributed by atoms with Gasteiger partial charge in [0.2, 0.25) is 0 Å². The van der Waals surface area contributed by atoms with Crippen LogP contribution in [0.5, 0.6) is 0 Å². The van der Waals surface area contributed by atoms with Crippen LogP contribution in [0.15, 0.2) is 121 Å². The molecule has 0 bridgehead atoms. The molecule has 1 radical (unpaired) electrons. The monoisotopic (exact) mass is 715 g/mol. The Morgan fingerprint density at radius 2 is 1.11 bits per heavy atom. The second-order valence-corrected chi connectivity index (χ2v) is 10.3. The van der Waals surface area contributed by atoms with E-state index in [2.05, 4.69) is 70.6 Å². The molecule has 4 nitrogen and oxygen atoms in total. The molecule has 0 amide bonds.